The summed E-state index contributed by atoms with van der Waals surface area (Å²) in [6.45, 7) is 6.02. The first-order chi connectivity index (χ1) is 18.6. The van der Waals surface area contributed by atoms with Crippen molar-refractivity contribution in [2.24, 2.45) is 4.99 Å². The standard InChI is InChI=1S/C28H23N3O7S/c1-5-37-27(36)21-14(2)29-28-31(23(21)17-10-12-18(13-11-17)38-16(4)33)26(35)24(39-28)22-19-8-6-7-9-20(19)30(15(3)32)25(22)34/h6-13,23H,5H2,1-4H3. The molecule has 198 valence electrons. The molecule has 10 nitrogen and oxygen atoms in total. The second-order valence-corrected chi connectivity index (χ2v) is 9.81. The maximum Gasteiger partial charge on any atom is 0.338 e. The van der Waals surface area contributed by atoms with Crippen LogP contribution in [0.3, 0.4) is 0 Å². The summed E-state index contributed by atoms with van der Waals surface area (Å²) in [6.07, 6.45) is 0. The van der Waals surface area contributed by atoms with Gasteiger partial charge in [0.2, 0.25) is 5.91 Å². The Morgan fingerprint density at radius 1 is 1.03 bits per heavy atom. The third-order valence-corrected chi connectivity index (χ3v) is 7.38. The Hall–Kier alpha value is -4.64. The molecule has 3 aromatic rings. The summed E-state index contributed by atoms with van der Waals surface area (Å²) < 4.78 is 11.9. The lowest BCUT2D eigenvalue weighted by molar-refractivity contribution is -0.139. The lowest BCUT2D eigenvalue weighted by Gasteiger charge is -2.24. The Bertz CT molecular complexity index is 1780. The van der Waals surface area contributed by atoms with Gasteiger partial charge < -0.3 is 9.47 Å². The van der Waals surface area contributed by atoms with Crippen LogP contribution in [0.25, 0.3) is 5.57 Å². The van der Waals surface area contributed by atoms with Gasteiger partial charge in [-0.15, -0.1) is 0 Å². The molecule has 1 unspecified atom stereocenters. The molecule has 5 rings (SSSR count). The number of esters is 2. The van der Waals surface area contributed by atoms with Gasteiger partial charge in [0.25, 0.3) is 11.5 Å². The molecule has 0 saturated carbocycles. The fourth-order valence-corrected chi connectivity index (χ4v) is 5.93. The molecule has 3 heterocycles. The van der Waals surface area contributed by atoms with E-state index in [1.807, 2.05) is 0 Å². The van der Waals surface area contributed by atoms with Gasteiger partial charge in [0.15, 0.2) is 4.80 Å². The summed E-state index contributed by atoms with van der Waals surface area (Å²) in [5.74, 6) is -1.88. The van der Waals surface area contributed by atoms with Crippen molar-refractivity contribution in [1.29, 1.82) is 0 Å². The summed E-state index contributed by atoms with van der Waals surface area (Å²) >= 11 is 1.01. The molecule has 2 aromatic carbocycles. The highest BCUT2D eigenvalue weighted by atomic mass is 32.1. The van der Waals surface area contributed by atoms with Gasteiger partial charge in [-0.2, -0.15) is 0 Å². The van der Waals surface area contributed by atoms with Gasteiger partial charge in [0.1, 0.15) is 10.3 Å². The van der Waals surface area contributed by atoms with Gasteiger partial charge in [-0.05, 0) is 37.6 Å². The molecule has 0 N–H and O–H groups in total. The number of rotatable bonds is 4. The first kappa shape index (κ1) is 26.0. The molecule has 0 bridgehead atoms. The molecule has 0 fully saturated rings. The van der Waals surface area contributed by atoms with Crippen LogP contribution in [-0.2, 0) is 23.9 Å². The maximum absolute atomic E-state index is 14.1. The Morgan fingerprint density at radius 2 is 1.72 bits per heavy atom. The van der Waals surface area contributed by atoms with Gasteiger partial charge in [0.05, 0.1) is 35.2 Å². The number of para-hydroxylation sites is 1. The summed E-state index contributed by atoms with van der Waals surface area (Å²) in [5.41, 5.74) is 1.51. The maximum atomic E-state index is 14.1. The molecule has 0 saturated heterocycles. The number of carbonyl (C=O) groups is 4. The number of aromatic nitrogens is 1. The lowest BCUT2D eigenvalue weighted by Crippen LogP contribution is -2.41. The average molecular weight is 546 g/mol. The molecule has 0 aliphatic carbocycles. The molecule has 2 aliphatic rings. The molecule has 39 heavy (non-hydrogen) atoms. The monoisotopic (exact) mass is 545 g/mol. The number of hydrogen-bond acceptors (Lipinski definition) is 9. The van der Waals surface area contributed by atoms with Crippen LogP contribution in [0.5, 0.6) is 5.75 Å². The van der Waals surface area contributed by atoms with E-state index in [1.54, 1.807) is 62.4 Å². The average Bonchev–Trinajstić information content (AvgIpc) is 3.35. The smallest absolute Gasteiger partial charge is 0.338 e. The Kier molecular flexibility index (Phi) is 6.61. The van der Waals surface area contributed by atoms with Gasteiger partial charge in [-0.25, -0.2) is 14.7 Å². The highest BCUT2D eigenvalue weighted by Gasteiger charge is 2.38. The normalized spacial score (nSPS) is 17.4. The number of nitrogens with zero attached hydrogens (tertiary/aromatic N) is 3. The van der Waals surface area contributed by atoms with Crippen molar-refractivity contribution in [3.63, 3.8) is 0 Å². The fourth-order valence-electron chi connectivity index (χ4n) is 4.79. The zero-order valence-electron chi connectivity index (χ0n) is 21.5. The van der Waals surface area contributed by atoms with Crippen molar-refractivity contribution in [2.75, 3.05) is 11.5 Å². The second-order valence-electron chi connectivity index (χ2n) is 8.84. The van der Waals surface area contributed by atoms with E-state index in [4.69, 9.17) is 9.47 Å². The highest BCUT2D eigenvalue weighted by molar-refractivity contribution is 7.07. The molecule has 1 aromatic heterocycles. The Balaban J connectivity index is 1.78. The fraction of sp³-hybridized carbons (Fsp3) is 0.214. The van der Waals surface area contributed by atoms with Crippen LogP contribution in [-0.4, -0.2) is 34.9 Å². The van der Waals surface area contributed by atoms with E-state index >= 15 is 0 Å². The molecule has 0 spiro atoms. The molecule has 2 aliphatic heterocycles. The van der Waals surface area contributed by atoms with E-state index in [9.17, 15) is 24.0 Å². The van der Waals surface area contributed by atoms with E-state index in [1.165, 1.54) is 18.4 Å². The van der Waals surface area contributed by atoms with Crippen molar-refractivity contribution in [2.45, 2.75) is 33.7 Å². The second kappa shape index (κ2) is 9.91. The molecule has 0 radical (unpaired) electrons. The minimum Gasteiger partial charge on any atom is -0.463 e. The van der Waals surface area contributed by atoms with Crippen LogP contribution in [0.1, 0.15) is 44.9 Å². The summed E-state index contributed by atoms with van der Waals surface area (Å²) in [7, 11) is 0. The number of allylic oxidation sites excluding steroid dienone is 1. The summed E-state index contributed by atoms with van der Waals surface area (Å²) in [6, 6.07) is 12.3. The predicted molar refractivity (Wildman–Crippen MR) is 142 cm³/mol. The number of imide groups is 1. The van der Waals surface area contributed by atoms with Crippen LogP contribution in [0.15, 0.2) is 69.6 Å². The SMILES string of the molecule is CCOC(=O)C1=C(C)N=c2sc(=C3C(=O)N(C(C)=O)c4ccccc43)c(=O)n2C1c1ccc(OC(C)=O)cc1. The van der Waals surface area contributed by atoms with E-state index in [2.05, 4.69) is 4.99 Å². The number of thiazole rings is 1. The van der Waals surface area contributed by atoms with Crippen LogP contribution in [0.2, 0.25) is 0 Å². The molecular weight excluding hydrogens is 522 g/mol. The van der Waals surface area contributed by atoms with E-state index in [0.29, 0.717) is 28.3 Å². The highest BCUT2D eigenvalue weighted by Crippen LogP contribution is 2.36. The van der Waals surface area contributed by atoms with E-state index in [-0.39, 0.29) is 27.1 Å². The third kappa shape index (κ3) is 4.30. The van der Waals surface area contributed by atoms with Crippen molar-refractivity contribution >= 4 is 46.4 Å². The van der Waals surface area contributed by atoms with Crippen LogP contribution < -0.4 is 24.5 Å². The number of ether oxygens (including phenoxy) is 2. The number of amides is 2. The number of carbonyl (C=O) groups excluding carboxylic acids is 4. The largest absolute Gasteiger partial charge is 0.463 e. The summed E-state index contributed by atoms with van der Waals surface area (Å²) in [4.78, 5) is 70.2. The predicted octanol–water partition coefficient (Wildman–Crippen LogP) is 1.99. The van der Waals surface area contributed by atoms with Gasteiger partial charge in [0, 0.05) is 19.4 Å². The number of anilines is 1. The van der Waals surface area contributed by atoms with Crippen LogP contribution in [0, 0.1) is 0 Å². The summed E-state index contributed by atoms with van der Waals surface area (Å²) in [5, 5.41) is 0. The number of hydrogen-bond donors (Lipinski definition) is 0. The zero-order chi connectivity index (χ0) is 28.0. The quantitative estimate of drug-likeness (QED) is 0.363. The first-order valence-corrected chi connectivity index (χ1v) is 12.9. The van der Waals surface area contributed by atoms with Crippen molar-refractivity contribution in [1.82, 2.24) is 4.57 Å². The van der Waals surface area contributed by atoms with E-state index < -0.39 is 35.4 Å². The minimum atomic E-state index is -0.920. The Morgan fingerprint density at radius 3 is 2.36 bits per heavy atom. The van der Waals surface area contributed by atoms with Crippen LogP contribution in [0.4, 0.5) is 5.69 Å². The van der Waals surface area contributed by atoms with Crippen molar-refractivity contribution in [3.8, 4) is 5.75 Å². The third-order valence-electron chi connectivity index (χ3n) is 6.32. The van der Waals surface area contributed by atoms with Gasteiger partial charge in [-0.3, -0.25) is 23.7 Å². The number of fused-ring (bicyclic) bond motifs is 2. The molecule has 11 heteroatoms. The lowest BCUT2D eigenvalue weighted by atomic mass is 9.96. The zero-order valence-corrected chi connectivity index (χ0v) is 22.3. The molecule has 1 atom stereocenters. The first-order valence-electron chi connectivity index (χ1n) is 12.1. The number of benzene rings is 2. The van der Waals surface area contributed by atoms with Crippen molar-refractivity contribution in [3.05, 3.63) is 90.6 Å². The van der Waals surface area contributed by atoms with Crippen LogP contribution >= 0.6 is 11.3 Å². The topological polar surface area (TPSA) is 124 Å². The molecule has 2 amide bonds. The molecular formula is C28H23N3O7S. The minimum absolute atomic E-state index is 0.104. The Labute approximate surface area is 226 Å². The van der Waals surface area contributed by atoms with E-state index in [0.717, 1.165) is 16.2 Å². The van der Waals surface area contributed by atoms with Gasteiger partial charge >= 0.3 is 11.9 Å². The van der Waals surface area contributed by atoms with Gasteiger partial charge in [-0.1, -0.05) is 41.7 Å². The van der Waals surface area contributed by atoms with Crippen molar-refractivity contribution < 1.29 is 28.7 Å².